The summed E-state index contributed by atoms with van der Waals surface area (Å²) in [6, 6.07) is 12.5. The number of nitrogens with one attached hydrogen (secondary N) is 1. The average molecular weight is 347 g/mol. The van der Waals surface area contributed by atoms with E-state index in [1.807, 2.05) is 24.3 Å². The molecular formula is C15H12BrFN4. The van der Waals surface area contributed by atoms with E-state index in [2.05, 4.69) is 31.4 Å². The van der Waals surface area contributed by atoms with E-state index in [0.717, 1.165) is 15.8 Å². The maximum Gasteiger partial charge on any atom is 0.128 e. The Morgan fingerprint density at radius 1 is 1.05 bits per heavy atom. The molecule has 4 nitrogen and oxygen atoms in total. The van der Waals surface area contributed by atoms with Gasteiger partial charge in [-0.2, -0.15) is 15.0 Å². The van der Waals surface area contributed by atoms with Crippen LogP contribution in [0.3, 0.4) is 0 Å². The molecule has 0 fully saturated rings. The van der Waals surface area contributed by atoms with Crippen molar-refractivity contribution in [3.05, 3.63) is 70.7 Å². The molecule has 3 rings (SSSR count). The van der Waals surface area contributed by atoms with Gasteiger partial charge in [0.2, 0.25) is 0 Å². The number of anilines is 1. The van der Waals surface area contributed by atoms with Crippen LogP contribution in [0.25, 0.3) is 5.69 Å². The summed E-state index contributed by atoms with van der Waals surface area (Å²) in [6.45, 7) is 0.421. The van der Waals surface area contributed by atoms with Crippen LogP contribution in [-0.2, 0) is 6.54 Å². The van der Waals surface area contributed by atoms with Crippen LogP contribution in [0, 0.1) is 5.82 Å². The van der Waals surface area contributed by atoms with Crippen LogP contribution in [-0.4, -0.2) is 15.0 Å². The Bertz CT molecular complexity index is 726. The van der Waals surface area contributed by atoms with Crippen LogP contribution < -0.4 is 5.32 Å². The van der Waals surface area contributed by atoms with Gasteiger partial charge in [0.25, 0.3) is 0 Å². The first-order valence-corrected chi connectivity index (χ1v) is 7.16. The molecular weight excluding hydrogens is 335 g/mol. The van der Waals surface area contributed by atoms with E-state index < -0.39 is 0 Å². The van der Waals surface area contributed by atoms with E-state index >= 15 is 0 Å². The molecule has 0 saturated heterocycles. The number of halogens is 2. The highest BCUT2D eigenvalue weighted by atomic mass is 79.9. The molecule has 0 unspecified atom stereocenters. The minimum Gasteiger partial charge on any atom is -0.381 e. The molecule has 2 aromatic carbocycles. The highest BCUT2D eigenvalue weighted by molar-refractivity contribution is 9.10. The van der Waals surface area contributed by atoms with Crippen LogP contribution in [0.15, 0.2) is 59.3 Å². The van der Waals surface area contributed by atoms with E-state index in [0.29, 0.717) is 12.1 Å². The van der Waals surface area contributed by atoms with Crippen LogP contribution in [0.5, 0.6) is 0 Å². The highest BCUT2D eigenvalue weighted by Crippen LogP contribution is 2.18. The van der Waals surface area contributed by atoms with Crippen molar-refractivity contribution < 1.29 is 4.39 Å². The molecule has 0 atom stereocenters. The largest absolute Gasteiger partial charge is 0.381 e. The van der Waals surface area contributed by atoms with Crippen molar-refractivity contribution in [1.82, 2.24) is 15.0 Å². The summed E-state index contributed by atoms with van der Waals surface area (Å²) < 4.78 is 14.5. The summed E-state index contributed by atoms with van der Waals surface area (Å²) in [5, 5.41) is 11.3. The van der Waals surface area contributed by atoms with Gasteiger partial charge in [-0.05, 0) is 42.5 Å². The third-order valence-electron chi connectivity index (χ3n) is 3.01. The molecule has 0 amide bonds. The van der Waals surface area contributed by atoms with Gasteiger partial charge in [-0.25, -0.2) is 4.39 Å². The molecule has 0 saturated carbocycles. The second kappa shape index (κ2) is 6.05. The summed E-state index contributed by atoms with van der Waals surface area (Å²) >= 11 is 3.34. The quantitative estimate of drug-likeness (QED) is 0.781. The Labute approximate surface area is 129 Å². The zero-order valence-corrected chi connectivity index (χ0v) is 12.6. The molecule has 1 aromatic heterocycles. The van der Waals surface area contributed by atoms with Gasteiger partial charge < -0.3 is 5.32 Å². The molecule has 3 aromatic rings. The van der Waals surface area contributed by atoms with Crippen LogP contribution >= 0.6 is 15.9 Å². The van der Waals surface area contributed by atoms with Gasteiger partial charge in [0, 0.05) is 22.3 Å². The predicted octanol–water partition coefficient (Wildman–Crippen LogP) is 3.78. The van der Waals surface area contributed by atoms with Gasteiger partial charge in [0.15, 0.2) is 0 Å². The number of benzene rings is 2. The molecule has 0 aliphatic carbocycles. The molecule has 106 valence electrons. The fraction of sp³-hybridized carbons (Fsp3) is 0.0667. The Balaban J connectivity index is 1.70. The molecule has 1 heterocycles. The Kier molecular flexibility index (Phi) is 3.96. The van der Waals surface area contributed by atoms with Crippen molar-refractivity contribution in [2.24, 2.45) is 0 Å². The number of hydrogen-bond acceptors (Lipinski definition) is 3. The minimum absolute atomic E-state index is 0.219. The molecule has 6 heteroatoms. The normalized spacial score (nSPS) is 10.6. The van der Waals surface area contributed by atoms with E-state index in [1.54, 1.807) is 24.5 Å². The Morgan fingerprint density at radius 3 is 2.48 bits per heavy atom. The van der Waals surface area contributed by atoms with Crippen molar-refractivity contribution in [3.8, 4) is 5.69 Å². The zero-order chi connectivity index (χ0) is 14.7. The van der Waals surface area contributed by atoms with Gasteiger partial charge in [0.1, 0.15) is 5.82 Å². The number of aromatic nitrogens is 3. The highest BCUT2D eigenvalue weighted by Gasteiger charge is 2.03. The fourth-order valence-electron chi connectivity index (χ4n) is 1.94. The van der Waals surface area contributed by atoms with Crippen molar-refractivity contribution in [3.63, 3.8) is 0 Å². The third-order valence-corrected chi connectivity index (χ3v) is 3.50. The van der Waals surface area contributed by atoms with Crippen LogP contribution in [0.1, 0.15) is 5.56 Å². The van der Waals surface area contributed by atoms with Crippen molar-refractivity contribution in [2.45, 2.75) is 6.54 Å². The average Bonchev–Trinajstić information content (AvgIpc) is 3.03. The molecule has 0 aliphatic heterocycles. The maximum atomic E-state index is 13.6. The SMILES string of the molecule is Fc1ccc(Br)cc1CNc1ccc(-n2nccn2)cc1. The predicted molar refractivity (Wildman–Crippen MR) is 82.8 cm³/mol. The summed E-state index contributed by atoms with van der Waals surface area (Å²) in [6.07, 6.45) is 3.25. The third kappa shape index (κ3) is 3.28. The van der Waals surface area contributed by atoms with Gasteiger partial charge in [-0.3, -0.25) is 0 Å². The number of nitrogens with zero attached hydrogens (tertiary/aromatic N) is 3. The molecule has 0 bridgehead atoms. The lowest BCUT2D eigenvalue weighted by atomic mass is 10.2. The second-order valence-electron chi connectivity index (χ2n) is 4.45. The van der Waals surface area contributed by atoms with Gasteiger partial charge in [-0.15, -0.1) is 0 Å². The van der Waals surface area contributed by atoms with Crippen molar-refractivity contribution in [2.75, 3.05) is 5.32 Å². The molecule has 1 N–H and O–H groups in total. The summed E-state index contributed by atoms with van der Waals surface area (Å²) in [4.78, 5) is 1.54. The lowest BCUT2D eigenvalue weighted by Gasteiger charge is -2.08. The number of hydrogen-bond donors (Lipinski definition) is 1. The maximum absolute atomic E-state index is 13.6. The monoisotopic (exact) mass is 346 g/mol. The lowest BCUT2D eigenvalue weighted by molar-refractivity contribution is 0.612. The van der Waals surface area contributed by atoms with E-state index in [9.17, 15) is 4.39 Å². The lowest BCUT2D eigenvalue weighted by Crippen LogP contribution is -2.03. The topological polar surface area (TPSA) is 42.7 Å². The summed E-state index contributed by atoms with van der Waals surface area (Å²) in [5.74, 6) is -0.219. The first-order valence-electron chi connectivity index (χ1n) is 6.37. The van der Waals surface area contributed by atoms with E-state index in [1.165, 1.54) is 10.9 Å². The fourth-order valence-corrected chi connectivity index (χ4v) is 2.35. The molecule has 0 spiro atoms. The summed E-state index contributed by atoms with van der Waals surface area (Å²) in [5.41, 5.74) is 2.40. The Morgan fingerprint density at radius 2 is 1.76 bits per heavy atom. The first kappa shape index (κ1) is 13.8. The second-order valence-corrected chi connectivity index (χ2v) is 5.37. The molecule has 21 heavy (non-hydrogen) atoms. The Hall–Kier alpha value is -2.21. The van der Waals surface area contributed by atoms with Gasteiger partial charge in [0.05, 0.1) is 18.1 Å². The van der Waals surface area contributed by atoms with Gasteiger partial charge in [-0.1, -0.05) is 15.9 Å². The smallest absolute Gasteiger partial charge is 0.128 e. The van der Waals surface area contributed by atoms with E-state index in [4.69, 9.17) is 0 Å². The first-order chi connectivity index (χ1) is 10.2. The minimum atomic E-state index is -0.219. The number of rotatable bonds is 4. The zero-order valence-electron chi connectivity index (χ0n) is 11.0. The van der Waals surface area contributed by atoms with Crippen molar-refractivity contribution >= 4 is 21.6 Å². The summed E-state index contributed by atoms with van der Waals surface area (Å²) in [7, 11) is 0. The van der Waals surface area contributed by atoms with E-state index in [-0.39, 0.29) is 5.82 Å². The molecule has 0 radical (unpaired) electrons. The van der Waals surface area contributed by atoms with Crippen molar-refractivity contribution in [1.29, 1.82) is 0 Å². The standard InChI is InChI=1S/C15H12BrFN4/c16-12-1-6-15(17)11(9-12)10-18-13-2-4-14(5-3-13)21-19-7-8-20-21/h1-9,18H,10H2. The van der Waals surface area contributed by atoms with Gasteiger partial charge >= 0.3 is 0 Å². The molecule has 0 aliphatic rings. The van der Waals surface area contributed by atoms with Crippen LogP contribution in [0.4, 0.5) is 10.1 Å². The van der Waals surface area contributed by atoms with Crippen LogP contribution in [0.2, 0.25) is 0 Å².